The molecule has 1 atom stereocenters. The van der Waals surface area contributed by atoms with Crippen molar-refractivity contribution in [3.63, 3.8) is 0 Å². The first kappa shape index (κ1) is 32.1. The van der Waals surface area contributed by atoms with Crippen molar-refractivity contribution < 1.29 is 49.0 Å². The van der Waals surface area contributed by atoms with Gasteiger partial charge < -0.3 is 24.8 Å². The number of rotatable bonds is 0. The molecule has 0 bridgehead atoms. The van der Waals surface area contributed by atoms with Crippen LogP contribution in [0.5, 0.6) is 0 Å². The van der Waals surface area contributed by atoms with E-state index in [1.807, 2.05) is 0 Å². The minimum Gasteiger partial charge on any atom is -1.00 e. The first-order chi connectivity index (χ1) is 14.3. The van der Waals surface area contributed by atoms with Crippen LogP contribution in [0.1, 0.15) is 63.8 Å². The SMILES string of the molecule is CC1[C-]=CC(C(C)(C)C)=C1.C[C](C)=[Zr+2].Cc1cc2[cH-]c3cc(C)c(C)cc3c2cc1C.[Cl-].[Cl-]. The Hall–Kier alpha value is -0.877. The van der Waals surface area contributed by atoms with Gasteiger partial charge in [0.05, 0.1) is 0 Å². The topological polar surface area (TPSA) is 0 Å². The number of hydrogen-bond acceptors (Lipinski definition) is 0. The average molecular weight is 561 g/mol. The van der Waals surface area contributed by atoms with E-state index in [-0.39, 0.29) is 24.8 Å². The number of halogens is 2. The van der Waals surface area contributed by atoms with Crippen LogP contribution >= 0.6 is 0 Å². The Labute approximate surface area is 229 Å². The predicted octanol–water partition coefficient (Wildman–Crippen LogP) is 2.67. The van der Waals surface area contributed by atoms with Crippen molar-refractivity contribution in [1.82, 2.24) is 0 Å². The molecular formula is C30H38Cl2Zr-2. The van der Waals surface area contributed by atoms with E-state index in [4.69, 9.17) is 0 Å². The maximum atomic E-state index is 3.26. The average Bonchev–Trinajstić information content (AvgIpc) is 3.20. The molecule has 0 amide bonds. The van der Waals surface area contributed by atoms with Crippen molar-refractivity contribution >= 4 is 24.8 Å². The third-order valence-electron chi connectivity index (χ3n) is 5.73. The number of aryl methyl sites for hydroxylation is 4. The van der Waals surface area contributed by atoms with Gasteiger partial charge in [0.25, 0.3) is 0 Å². The number of allylic oxidation sites excluding steroid dienone is 4. The summed E-state index contributed by atoms with van der Waals surface area (Å²) < 4.78 is 1.51. The van der Waals surface area contributed by atoms with Gasteiger partial charge in [0.1, 0.15) is 0 Å². The predicted molar refractivity (Wildman–Crippen MR) is 137 cm³/mol. The molecule has 33 heavy (non-hydrogen) atoms. The van der Waals surface area contributed by atoms with Crippen LogP contribution in [0.4, 0.5) is 0 Å². The van der Waals surface area contributed by atoms with E-state index in [0.717, 1.165) is 0 Å². The molecule has 0 fully saturated rings. The maximum Gasteiger partial charge on any atom is -0.0408 e. The van der Waals surface area contributed by atoms with E-state index in [1.54, 1.807) is 24.2 Å². The molecule has 1 unspecified atom stereocenters. The first-order valence-corrected chi connectivity index (χ1v) is 12.4. The summed E-state index contributed by atoms with van der Waals surface area (Å²) in [5, 5.41) is 5.53. The molecule has 3 aromatic carbocycles. The minimum atomic E-state index is 0. The van der Waals surface area contributed by atoms with Crippen LogP contribution in [-0.4, -0.2) is 3.21 Å². The molecule has 0 nitrogen and oxygen atoms in total. The molecule has 0 N–H and O–H groups in total. The van der Waals surface area contributed by atoms with Crippen LogP contribution in [-0.2, 0) is 24.2 Å². The van der Waals surface area contributed by atoms with Crippen molar-refractivity contribution in [2.75, 3.05) is 0 Å². The molecular weight excluding hydrogens is 522 g/mol. The fourth-order valence-corrected chi connectivity index (χ4v) is 3.60. The second-order valence-corrected chi connectivity index (χ2v) is 12.6. The van der Waals surface area contributed by atoms with Gasteiger partial charge in [0.2, 0.25) is 0 Å². The molecule has 0 saturated carbocycles. The number of fused-ring (bicyclic) bond motifs is 3. The molecule has 1 aliphatic rings. The van der Waals surface area contributed by atoms with Crippen LogP contribution in [0.3, 0.4) is 0 Å². The zero-order valence-corrected chi connectivity index (χ0v) is 25.8. The first-order valence-electron chi connectivity index (χ1n) is 11.2. The molecule has 0 heterocycles. The van der Waals surface area contributed by atoms with Crippen LogP contribution in [0.2, 0.25) is 0 Å². The standard InChI is InChI=1S/C17H17.C10H15.C3H6.2ClH.Zr/c1-10-5-14-9-15-6-11(2)13(4)8-17(15)16(14)7-12(10)3;1-8-5-6-9(7-8)10(2,3)4;1-3-2;;;/h5-9H,1-4H3;6-8H,1-4H3;1-2H3;2*1H;/q2*-1;;;;+2/p-2. The second kappa shape index (κ2) is 13.3. The maximum absolute atomic E-state index is 3.26. The molecule has 4 rings (SSSR count). The molecule has 0 aliphatic heterocycles. The van der Waals surface area contributed by atoms with Gasteiger partial charge in [-0.3, -0.25) is 6.08 Å². The van der Waals surface area contributed by atoms with Gasteiger partial charge in [-0.2, -0.15) is 11.6 Å². The minimum absolute atomic E-state index is 0. The van der Waals surface area contributed by atoms with Gasteiger partial charge >= 0.3 is 41.3 Å². The summed E-state index contributed by atoms with van der Waals surface area (Å²) in [6, 6.07) is 11.6. The summed E-state index contributed by atoms with van der Waals surface area (Å²) in [5.41, 5.74) is 7.23. The van der Waals surface area contributed by atoms with Gasteiger partial charge in [-0.1, -0.05) is 73.4 Å². The van der Waals surface area contributed by atoms with E-state index in [9.17, 15) is 0 Å². The van der Waals surface area contributed by atoms with E-state index in [0.29, 0.717) is 11.3 Å². The van der Waals surface area contributed by atoms with Crippen LogP contribution < -0.4 is 24.8 Å². The van der Waals surface area contributed by atoms with E-state index >= 15 is 0 Å². The van der Waals surface area contributed by atoms with Crippen molar-refractivity contribution in [2.45, 2.75) is 69.2 Å². The summed E-state index contributed by atoms with van der Waals surface area (Å²) >= 11 is 1.55. The third-order valence-corrected chi connectivity index (χ3v) is 5.73. The molecule has 178 valence electrons. The Kier molecular flexibility index (Phi) is 12.9. The van der Waals surface area contributed by atoms with Crippen LogP contribution in [0, 0.1) is 45.1 Å². The fraction of sp³-hybridized carbons (Fsp3) is 0.400. The second-order valence-electron chi connectivity index (χ2n) is 10.2. The van der Waals surface area contributed by atoms with E-state index in [1.165, 1.54) is 52.6 Å². The Bertz CT molecular complexity index is 1090. The Morgan fingerprint density at radius 1 is 0.818 bits per heavy atom. The normalized spacial score (nSPS) is 14.4. The molecule has 0 aromatic heterocycles. The molecule has 0 spiro atoms. The summed E-state index contributed by atoms with van der Waals surface area (Å²) in [5.74, 6) is 0.522. The van der Waals surface area contributed by atoms with Crippen LogP contribution in [0.15, 0.2) is 48.1 Å². The summed E-state index contributed by atoms with van der Waals surface area (Å²) in [4.78, 5) is 0. The molecule has 3 heteroatoms. The molecule has 3 aromatic rings. The zero-order chi connectivity index (χ0) is 23.5. The third kappa shape index (κ3) is 9.01. The van der Waals surface area contributed by atoms with Gasteiger partial charge in [-0.25, -0.2) is 6.08 Å². The zero-order valence-electron chi connectivity index (χ0n) is 21.9. The molecule has 0 radical (unpaired) electrons. The largest absolute Gasteiger partial charge is 1.00 e. The van der Waals surface area contributed by atoms with Crippen molar-refractivity contribution in [1.29, 1.82) is 0 Å². The van der Waals surface area contributed by atoms with Crippen molar-refractivity contribution in [2.24, 2.45) is 11.3 Å². The van der Waals surface area contributed by atoms with Gasteiger partial charge in [-0.15, -0.1) is 39.7 Å². The smallest absolute Gasteiger partial charge is 0.0408 e. The fourth-order valence-electron chi connectivity index (χ4n) is 3.60. The number of benzene rings is 2. The van der Waals surface area contributed by atoms with Crippen LogP contribution in [0.25, 0.3) is 21.5 Å². The summed E-state index contributed by atoms with van der Waals surface area (Å²) in [6.07, 6.45) is 7.65. The van der Waals surface area contributed by atoms with E-state index in [2.05, 4.69) is 118 Å². The molecule has 1 aliphatic carbocycles. The summed E-state index contributed by atoms with van der Waals surface area (Å²) in [7, 11) is 0. The van der Waals surface area contributed by atoms with Crippen molar-refractivity contribution in [3.05, 3.63) is 76.4 Å². The number of hydrogen-bond donors (Lipinski definition) is 0. The summed E-state index contributed by atoms with van der Waals surface area (Å²) in [6.45, 7) is 21.8. The van der Waals surface area contributed by atoms with E-state index < -0.39 is 0 Å². The quantitative estimate of drug-likeness (QED) is 0.371. The molecule has 0 saturated heterocycles. The van der Waals surface area contributed by atoms with Gasteiger partial charge in [0, 0.05) is 0 Å². The Morgan fingerprint density at radius 2 is 1.18 bits per heavy atom. The van der Waals surface area contributed by atoms with Crippen molar-refractivity contribution in [3.8, 4) is 0 Å². The monoisotopic (exact) mass is 558 g/mol. The van der Waals surface area contributed by atoms with Gasteiger partial charge in [0.15, 0.2) is 0 Å². The van der Waals surface area contributed by atoms with Gasteiger partial charge in [-0.05, 0) is 27.7 Å². The Balaban J connectivity index is 0.000000552. The Morgan fingerprint density at radius 3 is 1.45 bits per heavy atom.